The predicted octanol–water partition coefficient (Wildman–Crippen LogP) is 2.06. The Morgan fingerprint density at radius 2 is 2.14 bits per heavy atom. The van der Waals surface area contributed by atoms with E-state index in [4.69, 9.17) is 4.74 Å². The van der Waals surface area contributed by atoms with Crippen LogP contribution in [0.15, 0.2) is 41.2 Å². The number of H-pyrrole nitrogens is 1. The van der Waals surface area contributed by atoms with Gasteiger partial charge in [-0.2, -0.15) is 5.10 Å². The summed E-state index contributed by atoms with van der Waals surface area (Å²) in [5.74, 6) is 1.37. The molecule has 152 valence electrons. The molecule has 1 fully saturated rings. The molecule has 4 rings (SSSR count). The minimum absolute atomic E-state index is 0.133. The number of aromatic amines is 1. The molecule has 3 heterocycles. The smallest absolute Gasteiger partial charge is 0.267 e. The number of anilines is 1. The standard InChI is InChI=1S/C21H25N5O3/c1-25-20(27)9-8-19(24-25)26-10-4-3-5-15(26)13-22-21(28)18-11-14-6-7-16(29-2)12-17(14)23-18/h6-9,11-12,15,23H,3-5,10,13H2,1-2H3,(H,22,28). The summed E-state index contributed by atoms with van der Waals surface area (Å²) in [6, 6.07) is 11.0. The van der Waals surface area contributed by atoms with Gasteiger partial charge in [0, 0.05) is 49.2 Å². The average Bonchev–Trinajstić information content (AvgIpc) is 3.17. The summed E-state index contributed by atoms with van der Waals surface area (Å²) in [6.45, 7) is 1.37. The second kappa shape index (κ2) is 7.98. The molecule has 29 heavy (non-hydrogen) atoms. The lowest BCUT2D eigenvalue weighted by atomic mass is 10.0. The van der Waals surface area contributed by atoms with E-state index in [0.717, 1.165) is 48.3 Å². The van der Waals surface area contributed by atoms with Crippen molar-refractivity contribution in [2.24, 2.45) is 7.05 Å². The summed E-state index contributed by atoms with van der Waals surface area (Å²) in [6.07, 6.45) is 3.14. The number of benzene rings is 1. The van der Waals surface area contributed by atoms with Gasteiger partial charge < -0.3 is 19.9 Å². The van der Waals surface area contributed by atoms with Crippen LogP contribution in [-0.4, -0.2) is 46.9 Å². The van der Waals surface area contributed by atoms with E-state index >= 15 is 0 Å². The van der Waals surface area contributed by atoms with Gasteiger partial charge in [-0.25, -0.2) is 4.68 Å². The van der Waals surface area contributed by atoms with Gasteiger partial charge in [0.1, 0.15) is 17.3 Å². The summed E-state index contributed by atoms with van der Waals surface area (Å²) in [4.78, 5) is 29.7. The Morgan fingerprint density at radius 1 is 1.28 bits per heavy atom. The first kappa shape index (κ1) is 19.0. The van der Waals surface area contributed by atoms with Crippen molar-refractivity contribution in [2.75, 3.05) is 25.1 Å². The van der Waals surface area contributed by atoms with Crippen LogP contribution in [0.5, 0.6) is 5.75 Å². The van der Waals surface area contributed by atoms with Gasteiger partial charge in [-0.05, 0) is 43.5 Å². The Labute approximate surface area is 168 Å². The summed E-state index contributed by atoms with van der Waals surface area (Å²) < 4.78 is 6.58. The number of carbonyl (C=O) groups is 1. The monoisotopic (exact) mass is 395 g/mol. The van der Waals surface area contributed by atoms with Gasteiger partial charge in [0.2, 0.25) is 0 Å². The van der Waals surface area contributed by atoms with Crippen molar-refractivity contribution in [3.05, 3.63) is 52.4 Å². The van der Waals surface area contributed by atoms with E-state index in [2.05, 4.69) is 20.3 Å². The average molecular weight is 395 g/mol. The lowest BCUT2D eigenvalue weighted by Crippen LogP contribution is -2.47. The molecule has 8 nitrogen and oxygen atoms in total. The van der Waals surface area contributed by atoms with E-state index in [1.807, 2.05) is 24.3 Å². The highest BCUT2D eigenvalue weighted by molar-refractivity contribution is 5.98. The first-order valence-electron chi connectivity index (χ1n) is 9.81. The van der Waals surface area contributed by atoms with E-state index in [1.165, 1.54) is 10.7 Å². The molecular weight excluding hydrogens is 370 g/mol. The van der Waals surface area contributed by atoms with Crippen LogP contribution >= 0.6 is 0 Å². The van der Waals surface area contributed by atoms with Crippen LogP contribution in [0, 0.1) is 0 Å². The van der Waals surface area contributed by atoms with Crippen molar-refractivity contribution in [2.45, 2.75) is 25.3 Å². The molecular formula is C21H25N5O3. The number of carbonyl (C=O) groups excluding carboxylic acids is 1. The molecule has 1 saturated heterocycles. The molecule has 1 unspecified atom stereocenters. The molecule has 1 amide bonds. The molecule has 8 heteroatoms. The van der Waals surface area contributed by atoms with Gasteiger partial charge in [-0.15, -0.1) is 0 Å². The molecule has 0 spiro atoms. The van der Waals surface area contributed by atoms with Crippen molar-refractivity contribution in [3.63, 3.8) is 0 Å². The molecule has 0 radical (unpaired) electrons. The number of hydrogen-bond acceptors (Lipinski definition) is 5. The molecule has 2 aromatic heterocycles. The van der Waals surface area contributed by atoms with Crippen molar-refractivity contribution < 1.29 is 9.53 Å². The highest BCUT2D eigenvalue weighted by atomic mass is 16.5. The van der Waals surface area contributed by atoms with Crippen molar-refractivity contribution in [3.8, 4) is 5.75 Å². The number of fused-ring (bicyclic) bond motifs is 1. The Kier molecular flexibility index (Phi) is 5.24. The maximum absolute atomic E-state index is 12.7. The molecule has 0 bridgehead atoms. The van der Waals surface area contributed by atoms with E-state index in [9.17, 15) is 9.59 Å². The Hall–Kier alpha value is -3.29. The fourth-order valence-electron chi connectivity index (χ4n) is 3.82. The van der Waals surface area contributed by atoms with Crippen LogP contribution in [0.4, 0.5) is 5.82 Å². The number of nitrogens with one attached hydrogen (secondary N) is 2. The van der Waals surface area contributed by atoms with Crippen molar-refractivity contribution in [1.82, 2.24) is 20.1 Å². The third-order valence-corrected chi connectivity index (χ3v) is 5.44. The largest absolute Gasteiger partial charge is 0.497 e. The lowest BCUT2D eigenvalue weighted by Gasteiger charge is -2.36. The minimum Gasteiger partial charge on any atom is -0.497 e. The predicted molar refractivity (Wildman–Crippen MR) is 112 cm³/mol. The van der Waals surface area contributed by atoms with Gasteiger partial charge in [0.15, 0.2) is 0 Å². The molecule has 3 aromatic rings. The highest BCUT2D eigenvalue weighted by Gasteiger charge is 2.25. The number of aryl methyl sites for hydroxylation is 1. The molecule has 1 aliphatic rings. The second-order valence-electron chi connectivity index (χ2n) is 7.34. The zero-order valence-electron chi connectivity index (χ0n) is 16.6. The highest BCUT2D eigenvalue weighted by Crippen LogP contribution is 2.23. The minimum atomic E-state index is -0.140. The number of nitrogens with zero attached hydrogens (tertiary/aromatic N) is 3. The van der Waals surface area contributed by atoms with E-state index in [-0.39, 0.29) is 17.5 Å². The quantitative estimate of drug-likeness (QED) is 0.690. The molecule has 0 saturated carbocycles. The zero-order valence-corrected chi connectivity index (χ0v) is 16.6. The maximum Gasteiger partial charge on any atom is 0.267 e. The normalized spacial score (nSPS) is 16.8. The summed E-state index contributed by atoms with van der Waals surface area (Å²) in [5.41, 5.74) is 1.25. The molecule has 1 atom stereocenters. The lowest BCUT2D eigenvalue weighted by molar-refractivity contribution is 0.0945. The third kappa shape index (κ3) is 3.96. The molecule has 1 aromatic carbocycles. The van der Waals surface area contributed by atoms with Crippen molar-refractivity contribution in [1.29, 1.82) is 0 Å². The molecule has 2 N–H and O–H groups in total. The van der Waals surface area contributed by atoms with Crippen LogP contribution in [0.1, 0.15) is 29.8 Å². The van der Waals surface area contributed by atoms with Crippen LogP contribution in [0.25, 0.3) is 10.9 Å². The fraction of sp³-hybridized carbons (Fsp3) is 0.381. The summed E-state index contributed by atoms with van der Waals surface area (Å²) >= 11 is 0. The second-order valence-corrected chi connectivity index (χ2v) is 7.34. The fourth-order valence-corrected chi connectivity index (χ4v) is 3.82. The molecule has 0 aliphatic carbocycles. The van der Waals surface area contributed by atoms with E-state index in [1.54, 1.807) is 20.2 Å². The Balaban J connectivity index is 1.47. The summed E-state index contributed by atoms with van der Waals surface area (Å²) in [5, 5.41) is 8.38. The number of ether oxygens (including phenoxy) is 1. The van der Waals surface area contributed by atoms with Gasteiger partial charge in [0.05, 0.1) is 7.11 Å². The third-order valence-electron chi connectivity index (χ3n) is 5.44. The number of piperidine rings is 1. The number of aromatic nitrogens is 3. The number of rotatable bonds is 5. The topological polar surface area (TPSA) is 92.2 Å². The van der Waals surface area contributed by atoms with Crippen LogP contribution in [-0.2, 0) is 7.05 Å². The number of amides is 1. The van der Waals surface area contributed by atoms with Gasteiger partial charge in [-0.3, -0.25) is 9.59 Å². The molecule has 1 aliphatic heterocycles. The summed E-state index contributed by atoms with van der Waals surface area (Å²) in [7, 11) is 3.27. The van der Waals surface area contributed by atoms with E-state index in [0.29, 0.717) is 12.2 Å². The van der Waals surface area contributed by atoms with Gasteiger partial charge in [-0.1, -0.05) is 0 Å². The Morgan fingerprint density at radius 3 is 2.93 bits per heavy atom. The Bertz CT molecular complexity index is 1090. The number of methoxy groups -OCH3 is 1. The van der Waals surface area contributed by atoms with Crippen LogP contribution in [0.2, 0.25) is 0 Å². The van der Waals surface area contributed by atoms with Gasteiger partial charge in [0.25, 0.3) is 11.5 Å². The SMILES string of the molecule is COc1ccc2cc(C(=O)NCC3CCCCN3c3ccc(=O)n(C)n3)[nH]c2c1. The van der Waals surface area contributed by atoms with Gasteiger partial charge >= 0.3 is 0 Å². The van der Waals surface area contributed by atoms with Crippen molar-refractivity contribution >= 4 is 22.6 Å². The first-order chi connectivity index (χ1) is 14.0. The van der Waals surface area contributed by atoms with Crippen LogP contribution in [0.3, 0.4) is 0 Å². The number of hydrogen-bond donors (Lipinski definition) is 2. The first-order valence-corrected chi connectivity index (χ1v) is 9.81. The maximum atomic E-state index is 12.7. The van der Waals surface area contributed by atoms with E-state index < -0.39 is 0 Å². The van der Waals surface area contributed by atoms with Crippen LogP contribution < -0.4 is 20.5 Å². The zero-order chi connectivity index (χ0) is 20.4.